The molecule has 0 radical (unpaired) electrons. The second-order valence-electron chi connectivity index (χ2n) is 4.48. The van der Waals surface area contributed by atoms with Gasteiger partial charge in [0.05, 0.1) is 23.2 Å². The van der Waals surface area contributed by atoms with Crippen molar-refractivity contribution >= 4 is 11.7 Å². The van der Waals surface area contributed by atoms with E-state index < -0.39 is 4.92 Å². The molecule has 110 valence electrons. The van der Waals surface area contributed by atoms with Crippen molar-refractivity contribution < 1.29 is 19.2 Å². The van der Waals surface area contributed by atoms with Crippen molar-refractivity contribution in [3.05, 3.63) is 33.9 Å². The molecule has 0 heterocycles. The monoisotopic (exact) mass is 281 g/mol. The number of nitro groups is 1. The van der Waals surface area contributed by atoms with Gasteiger partial charge in [-0.05, 0) is 33.3 Å². The normalized spacial score (nSPS) is 10.4. The molecule has 1 aromatic rings. The summed E-state index contributed by atoms with van der Waals surface area (Å²) < 4.78 is 10.4. The maximum Gasteiger partial charge on any atom is 0.306 e. The van der Waals surface area contributed by atoms with Gasteiger partial charge in [0.1, 0.15) is 5.75 Å². The summed E-state index contributed by atoms with van der Waals surface area (Å²) in [6.45, 7) is 5.70. The zero-order valence-corrected chi connectivity index (χ0v) is 11.9. The number of hydrogen-bond donors (Lipinski definition) is 0. The minimum atomic E-state index is -0.465. The molecule has 0 aliphatic carbocycles. The van der Waals surface area contributed by atoms with Crippen LogP contribution in [-0.2, 0) is 16.0 Å². The maximum atomic E-state index is 11.4. The molecule has 0 aliphatic heterocycles. The molecule has 0 aromatic heterocycles. The van der Waals surface area contributed by atoms with Crippen LogP contribution in [-0.4, -0.2) is 23.6 Å². The minimum absolute atomic E-state index is 0.0348. The van der Waals surface area contributed by atoms with Crippen LogP contribution in [0.2, 0.25) is 0 Å². The van der Waals surface area contributed by atoms with Gasteiger partial charge in [-0.2, -0.15) is 0 Å². The molecule has 1 aromatic carbocycles. The second kappa shape index (κ2) is 7.47. The van der Waals surface area contributed by atoms with Gasteiger partial charge in [-0.1, -0.05) is 6.07 Å². The Bertz CT molecular complexity index is 484. The first-order chi connectivity index (χ1) is 9.45. The van der Waals surface area contributed by atoms with Crippen molar-refractivity contribution in [1.82, 2.24) is 0 Å². The van der Waals surface area contributed by atoms with Gasteiger partial charge >= 0.3 is 5.97 Å². The number of rotatable bonds is 7. The molecule has 6 heteroatoms. The zero-order chi connectivity index (χ0) is 15.1. The summed E-state index contributed by atoms with van der Waals surface area (Å²) >= 11 is 0. The molecule has 0 bridgehead atoms. The predicted molar refractivity (Wildman–Crippen MR) is 73.8 cm³/mol. The van der Waals surface area contributed by atoms with Gasteiger partial charge in [0.15, 0.2) is 0 Å². The van der Waals surface area contributed by atoms with Crippen LogP contribution in [0.1, 0.15) is 32.8 Å². The Kier molecular flexibility index (Phi) is 5.96. The Labute approximate surface area is 117 Å². The molecular formula is C14H19NO5. The van der Waals surface area contributed by atoms with Crippen LogP contribution in [0.3, 0.4) is 0 Å². The average molecular weight is 281 g/mol. The lowest BCUT2D eigenvalue weighted by atomic mass is 10.1. The van der Waals surface area contributed by atoms with E-state index in [9.17, 15) is 14.9 Å². The molecule has 0 aliphatic rings. The minimum Gasteiger partial charge on any atom is -0.490 e. The van der Waals surface area contributed by atoms with Gasteiger partial charge in [-0.25, -0.2) is 0 Å². The van der Waals surface area contributed by atoms with E-state index in [1.165, 1.54) is 6.07 Å². The summed E-state index contributed by atoms with van der Waals surface area (Å²) in [5.74, 6) is 0.0691. The number of ether oxygens (including phenoxy) is 2. The van der Waals surface area contributed by atoms with Crippen molar-refractivity contribution in [3.8, 4) is 5.75 Å². The number of nitro benzene ring substituents is 1. The molecular weight excluding hydrogens is 262 g/mol. The lowest BCUT2D eigenvalue weighted by Crippen LogP contribution is -2.11. The van der Waals surface area contributed by atoms with Gasteiger partial charge in [-0.3, -0.25) is 14.9 Å². The Morgan fingerprint density at radius 2 is 2.10 bits per heavy atom. The van der Waals surface area contributed by atoms with E-state index in [2.05, 4.69) is 0 Å². The zero-order valence-electron chi connectivity index (χ0n) is 11.9. The number of carbonyl (C=O) groups excluding carboxylic acids is 1. The number of nitrogens with zero attached hydrogens (tertiary/aromatic N) is 1. The summed E-state index contributed by atoms with van der Waals surface area (Å²) in [7, 11) is 0. The van der Waals surface area contributed by atoms with Crippen LogP contribution in [0.15, 0.2) is 18.2 Å². The van der Waals surface area contributed by atoms with Crippen molar-refractivity contribution in [3.63, 3.8) is 0 Å². The topological polar surface area (TPSA) is 78.7 Å². The lowest BCUT2D eigenvalue weighted by molar-refractivity contribution is -0.385. The highest BCUT2D eigenvalue weighted by Crippen LogP contribution is 2.30. The van der Waals surface area contributed by atoms with E-state index in [-0.39, 0.29) is 30.6 Å². The Morgan fingerprint density at radius 1 is 1.40 bits per heavy atom. The molecule has 0 unspecified atom stereocenters. The van der Waals surface area contributed by atoms with Crippen LogP contribution >= 0.6 is 0 Å². The molecule has 0 amide bonds. The fourth-order valence-electron chi connectivity index (χ4n) is 1.80. The largest absolute Gasteiger partial charge is 0.490 e. The molecule has 0 spiro atoms. The van der Waals surface area contributed by atoms with Gasteiger partial charge < -0.3 is 9.47 Å². The molecule has 0 fully saturated rings. The first-order valence-corrected chi connectivity index (χ1v) is 6.54. The van der Waals surface area contributed by atoms with Crippen LogP contribution in [0.5, 0.6) is 5.75 Å². The summed E-state index contributed by atoms with van der Waals surface area (Å²) in [6, 6.07) is 4.66. The third-order valence-corrected chi connectivity index (χ3v) is 2.55. The van der Waals surface area contributed by atoms with Crippen LogP contribution in [0.25, 0.3) is 0 Å². The van der Waals surface area contributed by atoms with Gasteiger partial charge in [-0.15, -0.1) is 0 Å². The van der Waals surface area contributed by atoms with E-state index in [1.54, 1.807) is 19.1 Å². The van der Waals surface area contributed by atoms with E-state index in [4.69, 9.17) is 9.47 Å². The van der Waals surface area contributed by atoms with Crippen molar-refractivity contribution in [2.24, 2.45) is 0 Å². The molecule has 0 N–H and O–H groups in total. The first-order valence-electron chi connectivity index (χ1n) is 6.54. The molecule has 6 nitrogen and oxygen atoms in total. The fraction of sp³-hybridized carbons (Fsp3) is 0.500. The molecule has 20 heavy (non-hydrogen) atoms. The van der Waals surface area contributed by atoms with Crippen LogP contribution in [0, 0.1) is 10.1 Å². The average Bonchev–Trinajstić information content (AvgIpc) is 2.36. The van der Waals surface area contributed by atoms with Crippen molar-refractivity contribution in [2.45, 2.75) is 39.7 Å². The number of hydrogen-bond acceptors (Lipinski definition) is 5. The highest BCUT2D eigenvalue weighted by molar-refractivity contribution is 5.70. The quantitative estimate of drug-likeness (QED) is 0.436. The fourth-order valence-corrected chi connectivity index (χ4v) is 1.80. The Hall–Kier alpha value is -2.11. The highest BCUT2D eigenvalue weighted by atomic mass is 16.6. The van der Waals surface area contributed by atoms with E-state index >= 15 is 0 Å². The SMILES string of the molecule is CCOC(=O)CCc1c(OC(C)C)cccc1[N+](=O)[O-]. The smallest absolute Gasteiger partial charge is 0.306 e. The molecule has 0 saturated carbocycles. The summed E-state index contributed by atoms with van der Waals surface area (Å²) in [4.78, 5) is 22.0. The highest BCUT2D eigenvalue weighted by Gasteiger charge is 2.20. The van der Waals surface area contributed by atoms with Crippen LogP contribution < -0.4 is 4.74 Å². The maximum absolute atomic E-state index is 11.4. The first kappa shape index (κ1) is 15.9. The van der Waals surface area contributed by atoms with Gasteiger partial charge in [0.2, 0.25) is 0 Å². The van der Waals surface area contributed by atoms with Crippen LogP contribution in [0.4, 0.5) is 5.69 Å². The van der Waals surface area contributed by atoms with E-state index in [0.29, 0.717) is 17.9 Å². The number of carbonyl (C=O) groups is 1. The third-order valence-electron chi connectivity index (χ3n) is 2.55. The number of benzene rings is 1. The van der Waals surface area contributed by atoms with E-state index in [0.717, 1.165) is 0 Å². The summed E-state index contributed by atoms with van der Waals surface area (Å²) in [5.41, 5.74) is 0.395. The van der Waals surface area contributed by atoms with Gasteiger partial charge in [0.25, 0.3) is 5.69 Å². The Balaban J connectivity index is 2.99. The lowest BCUT2D eigenvalue weighted by Gasteiger charge is -2.14. The molecule has 1 rings (SSSR count). The molecule has 0 atom stereocenters. The second-order valence-corrected chi connectivity index (χ2v) is 4.48. The Morgan fingerprint density at radius 3 is 2.65 bits per heavy atom. The summed E-state index contributed by atoms with van der Waals surface area (Å²) in [6.07, 6.45) is 0.212. The van der Waals surface area contributed by atoms with Gasteiger partial charge in [0, 0.05) is 12.5 Å². The summed E-state index contributed by atoms with van der Waals surface area (Å²) in [5, 5.41) is 11.1. The van der Waals surface area contributed by atoms with Crippen molar-refractivity contribution in [2.75, 3.05) is 6.61 Å². The number of esters is 1. The third kappa shape index (κ3) is 4.53. The standard InChI is InChI=1S/C14H19NO5/c1-4-19-14(16)9-8-11-12(15(17)18)6-5-7-13(11)20-10(2)3/h5-7,10H,4,8-9H2,1-3H3. The van der Waals surface area contributed by atoms with E-state index in [1.807, 2.05) is 13.8 Å². The van der Waals surface area contributed by atoms with Crippen molar-refractivity contribution in [1.29, 1.82) is 0 Å². The molecule has 0 saturated heterocycles. The predicted octanol–water partition coefficient (Wildman–Crippen LogP) is 2.88.